The van der Waals surface area contributed by atoms with Crippen LogP contribution in [-0.2, 0) is 0 Å². The maximum absolute atomic E-state index is 5.96. The molecule has 0 aliphatic carbocycles. The maximum atomic E-state index is 5.96. The Morgan fingerprint density at radius 2 is 1.95 bits per heavy atom. The molecule has 0 atom stereocenters. The maximum Gasteiger partial charge on any atom is 0.225 e. The SMILES string of the molecule is CC(C)N(CCNc1nc(Cl)nc2sccc12)C(C)C. The van der Waals surface area contributed by atoms with Crippen molar-refractivity contribution in [1.82, 2.24) is 14.9 Å². The van der Waals surface area contributed by atoms with Crippen LogP contribution in [0.5, 0.6) is 0 Å². The van der Waals surface area contributed by atoms with Gasteiger partial charge in [0.15, 0.2) is 0 Å². The normalized spacial score (nSPS) is 12.0. The molecule has 2 heterocycles. The summed E-state index contributed by atoms with van der Waals surface area (Å²) in [6.07, 6.45) is 0. The van der Waals surface area contributed by atoms with Crippen LogP contribution in [0.2, 0.25) is 5.28 Å². The lowest BCUT2D eigenvalue weighted by Crippen LogP contribution is -2.40. The molecule has 0 saturated heterocycles. The van der Waals surface area contributed by atoms with E-state index in [-0.39, 0.29) is 0 Å². The van der Waals surface area contributed by atoms with Gasteiger partial charge in [0, 0.05) is 25.2 Å². The highest BCUT2D eigenvalue weighted by Gasteiger charge is 2.13. The molecule has 20 heavy (non-hydrogen) atoms. The minimum Gasteiger partial charge on any atom is -0.368 e. The Hall–Kier alpha value is -0.910. The molecule has 2 aromatic rings. The first kappa shape index (κ1) is 15.5. The number of halogens is 1. The second kappa shape index (κ2) is 6.70. The lowest BCUT2D eigenvalue weighted by Gasteiger charge is -2.30. The summed E-state index contributed by atoms with van der Waals surface area (Å²) in [5, 5.41) is 6.73. The second-order valence-corrected chi connectivity index (χ2v) is 6.57. The molecule has 2 aromatic heterocycles. The summed E-state index contributed by atoms with van der Waals surface area (Å²) in [5.41, 5.74) is 0. The van der Waals surface area contributed by atoms with Crippen molar-refractivity contribution in [3.63, 3.8) is 0 Å². The van der Waals surface area contributed by atoms with Gasteiger partial charge in [0.1, 0.15) is 10.6 Å². The molecule has 0 fully saturated rings. The van der Waals surface area contributed by atoms with E-state index in [4.69, 9.17) is 11.6 Å². The molecule has 4 nitrogen and oxygen atoms in total. The summed E-state index contributed by atoms with van der Waals surface area (Å²) in [6.45, 7) is 10.7. The van der Waals surface area contributed by atoms with Crippen molar-refractivity contribution >= 4 is 39.0 Å². The van der Waals surface area contributed by atoms with Crippen molar-refractivity contribution in [1.29, 1.82) is 0 Å². The van der Waals surface area contributed by atoms with E-state index in [0.717, 1.165) is 29.1 Å². The topological polar surface area (TPSA) is 41.0 Å². The van der Waals surface area contributed by atoms with Crippen LogP contribution in [-0.4, -0.2) is 40.0 Å². The first-order valence-corrected chi connectivity index (χ1v) is 8.15. The second-order valence-electron chi connectivity index (χ2n) is 5.33. The molecule has 0 radical (unpaired) electrons. The number of anilines is 1. The third kappa shape index (κ3) is 3.59. The lowest BCUT2D eigenvalue weighted by atomic mass is 10.2. The van der Waals surface area contributed by atoms with Crippen LogP contribution in [0.1, 0.15) is 27.7 Å². The molecule has 0 aliphatic heterocycles. The molecular formula is C14H21ClN4S. The summed E-state index contributed by atoms with van der Waals surface area (Å²) in [6, 6.07) is 3.10. The van der Waals surface area contributed by atoms with Gasteiger partial charge in [-0.3, -0.25) is 4.90 Å². The summed E-state index contributed by atoms with van der Waals surface area (Å²) < 4.78 is 0. The van der Waals surface area contributed by atoms with Gasteiger partial charge < -0.3 is 5.32 Å². The van der Waals surface area contributed by atoms with Gasteiger partial charge in [0.05, 0.1) is 5.39 Å². The van der Waals surface area contributed by atoms with Crippen LogP contribution in [0.3, 0.4) is 0 Å². The molecule has 110 valence electrons. The van der Waals surface area contributed by atoms with Gasteiger partial charge >= 0.3 is 0 Å². The van der Waals surface area contributed by atoms with Crippen molar-refractivity contribution in [2.75, 3.05) is 18.4 Å². The molecule has 2 rings (SSSR count). The van der Waals surface area contributed by atoms with E-state index in [1.54, 1.807) is 11.3 Å². The number of nitrogens with zero attached hydrogens (tertiary/aromatic N) is 3. The van der Waals surface area contributed by atoms with Gasteiger partial charge in [0.2, 0.25) is 5.28 Å². The predicted octanol–water partition coefficient (Wildman–Crippen LogP) is 3.88. The minimum absolute atomic E-state index is 0.298. The van der Waals surface area contributed by atoms with E-state index in [9.17, 15) is 0 Å². The number of fused-ring (bicyclic) bond motifs is 1. The van der Waals surface area contributed by atoms with Crippen LogP contribution >= 0.6 is 22.9 Å². The molecule has 0 spiro atoms. The predicted molar refractivity (Wildman–Crippen MR) is 87.9 cm³/mol. The molecular weight excluding hydrogens is 292 g/mol. The van der Waals surface area contributed by atoms with E-state index in [1.165, 1.54) is 0 Å². The molecule has 6 heteroatoms. The van der Waals surface area contributed by atoms with Crippen LogP contribution in [0.15, 0.2) is 11.4 Å². The van der Waals surface area contributed by atoms with Gasteiger partial charge in [-0.1, -0.05) is 0 Å². The molecule has 0 aromatic carbocycles. The lowest BCUT2D eigenvalue weighted by molar-refractivity contribution is 0.182. The number of thiophene rings is 1. The largest absolute Gasteiger partial charge is 0.368 e. The summed E-state index contributed by atoms with van der Waals surface area (Å²) in [4.78, 5) is 11.9. The third-order valence-electron chi connectivity index (χ3n) is 3.29. The van der Waals surface area contributed by atoms with Gasteiger partial charge in [-0.2, -0.15) is 0 Å². The number of hydrogen-bond donors (Lipinski definition) is 1. The highest BCUT2D eigenvalue weighted by Crippen LogP contribution is 2.26. The summed E-state index contributed by atoms with van der Waals surface area (Å²) in [7, 11) is 0. The Bertz CT molecular complexity index is 559. The monoisotopic (exact) mass is 312 g/mol. The van der Waals surface area contributed by atoms with E-state index < -0.39 is 0 Å². The quantitative estimate of drug-likeness (QED) is 0.822. The Morgan fingerprint density at radius 3 is 2.60 bits per heavy atom. The Balaban J connectivity index is 2.04. The van der Waals surface area contributed by atoms with Crippen LogP contribution in [0.4, 0.5) is 5.82 Å². The smallest absolute Gasteiger partial charge is 0.225 e. The van der Waals surface area contributed by atoms with Crippen molar-refractivity contribution in [2.24, 2.45) is 0 Å². The van der Waals surface area contributed by atoms with Crippen LogP contribution < -0.4 is 5.32 Å². The highest BCUT2D eigenvalue weighted by atomic mass is 35.5. The third-order valence-corrected chi connectivity index (χ3v) is 4.26. The highest BCUT2D eigenvalue weighted by molar-refractivity contribution is 7.16. The van der Waals surface area contributed by atoms with Gasteiger partial charge in [-0.05, 0) is 50.7 Å². The zero-order valence-corrected chi connectivity index (χ0v) is 13.9. The molecule has 0 amide bonds. The van der Waals surface area contributed by atoms with Gasteiger partial charge in [-0.15, -0.1) is 11.3 Å². The van der Waals surface area contributed by atoms with Crippen molar-refractivity contribution in [3.8, 4) is 0 Å². The number of aromatic nitrogens is 2. The first-order chi connectivity index (χ1) is 9.49. The molecule has 1 N–H and O–H groups in total. The molecule has 0 unspecified atom stereocenters. The minimum atomic E-state index is 0.298. The fourth-order valence-corrected chi connectivity index (χ4v) is 3.36. The summed E-state index contributed by atoms with van der Waals surface area (Å²) in [5.74, 6) is 0.828. The number of rotatable bonds is 6. The average Bonchev–Trinajstić information content (AvgIpc) is 2.81. The molecule has 0 bridgehead atoms. The Morgan fingerprint density at radius 1 is 1.25 bits per heavy atom. The standard InChI is InChI=1S/C14H21ClN4S/c1-9(2)19(10(3)4)7-6-16-12-11-5-8-20-13(11)18-14(15)17-12/h5,8-10H,6-7H2,1-4H3,(H,16,17,18). The van der Waals surface area contributed by atoms with Crippen LogP contribution in [0, 0.1) is 0 Å². The van der Waals surface area contributed by atoms with E-state index in [0.29, 0.717) is 17.4 Å². The zero-order valence-electron chi connectivity index (χ0n) is 12.4. The summed E-state index contributed by atoms with van der Waals surface area (Å²) >= 11 is 7.54. The number of nitrogens with one attached hydrogen (secondary N) is 1. The van der Waals surface area contributed by atoms with E-state index in [1.807, 2.05) is 11.4 Å². The Labute approximate surface area is 129 Å². The van der Waals surface area contributed by atoms with E-state index in [2.05, 4.69) is 47.9 Å². The first-order valence-electron chi connectivity index (χ1n) is 6.89. The fourth-order valence-electron chi connectivity index (χ4n) is 2.38. The molecule has 0 saturated carbocycles. The van der Waals surface area contributed by atoms with Gasteiger partial charge in [-0.25, -0.2) is 9.97 Å². The van der Waals surface area contributed by atoms with Crippen molar-refractivity contribution < 1.29 is 0 Å². The van der Waals surface area contributed by atoms with Crippen molar-refractivity contribution in [3.05, 3.63) is 16.7 Å². The van der Waals surface area contributed by atoms with Crippen molar-refractivity contribution in [2.45, 2.75) is 39.8 Å². The zero-order chi connectivity index (χ0) is 14.7. The fraction of sp³-hybridized carbons (Fsp3) is 0.571. The van der Waals surface area contributed by atoms with E-state index >= 15 is 0 Å². The number of hydrogen-bond acceptors (Lipinski definition) is 5. The molecule has 0 aliphatic rings. The van der Waals surface area contributed by atoms with Gasteiger partial charge in [0.25, 0.3) is 0 Å². The Kier molecular flexibility index (Phi) is 5.18. The average molecular weight is 313 g/mol. The van der Waals surface area contributed by atoms with Crippen LogP contribution in [0.25, 0.3) is 10.2 Å².